The Morgan fingerprint density at radius 3 is 2.60 bits per heavy atom. The van der Waals surface area contributed by atoms with Gasteiger partial charge in [0.1, 0.15) is 5.75 Å². The molecule has 0 radical (unpaired) electrons. The van der Waals surface area contributed by atoms with Gasteiger partial charge in [0.2, 0.25) is 0 Å². The van der Waals surface area contributed by atoms with Gasteiger partial charge < -0.3 is 9.64 Å². The SMILES string of the molecule is COc1ccc(CC2(CCN(C)C)CC=Nc3ccccc3S2)cc1. The van der Waals surface area contributed by atoms with Gasteiger partial charge >= 0.3 is 0 Å². The molecule has 1 aliphatic heterocycles. The fourth-order valence-electron chi connectivity index (χ4n) is 3.13. The Morgan fingerprint density at radius 1 is 1.12 bits per heavy atom. The Morgan fingerprint density at radius 2 is 1.88 bits per heavy atom. The number of methoxy groups -OCH3 is 1. The number of ether oxygens (including phenoxy) is 1. The maximum absolute atomic E-state index is 5.30. The van der Waals surface area contributed by atoms with Crippen LogP contribution in [0.4, 0.5) is 5.69 Å². The van der Waals surface area contributed by atoms with E-state index in [1.807, 2.05) is 11.8 Å². The summed E-state index contributed by atoms with van der Waals surface area (Å²) in [7, 11) is 6.00. The van der Waals surface area contributed by atoms with Crippen molar-refractivity contribution < 1.29 is 4.74 Å². The normalized spacial score (nSPS) is 19.5. The first kappa shape index (κ1) is 18.0. The number of nitrogens with zero attached hydrogens (tertiary/aromatic N) is 2. The summed E-state index contributed by atoms with van der Waals surface area (Å²) in [5.74, 6) is 0.909. The number of hydrogen-bond donors (Lipinski definition) is 0. The van der Waals surface area contributed by atoms with E-state index in [4.69, 9.17) is 9.73 Å². The van der Waals surface area contributed by atoms with Crippen LogP contribution in [0.15, 0.2) is 58.4 Å². The summed E-state index contributed by atoms with van der Waals surface area (Å²) in [4.78, 5) is 8.25. The average molecular weight is 355 g/mol. The minimum absolute atomic E-state index is 0.120. The molecule has 3 rings (SSSR count). The summed E-state index contributed by atoms with van der Waals surface area (Å²) in [5, 5.41) is 0. The van der Waals surface area contributed by atoms with Crippen molar-refractivity contribution in [1.82, 2.24) is 4.90 Å². The molecule has 0 spiro atoms. The third-order valence-electron chi connectivity index (χ3n) is 4.59. The molecule has 0 fully saturated rings. The van der Waals surface area contributed by atoms with E-state index < -0.39 is 0 Å². The average Bonchev–Trinajstić information content (AvgIpc) is 2.80. The molecule has 0 saturated carbocycles. The number of fused-ring (bicyclic) bond motifs is 1. The summed E-state index contributed by atoms with van der Waals surface area (Å²) < 4.78 is 5.42. The van der Waals surface area contributed by atoms with E-state index in [1.54, 1.807) is 7.11 Å². The maximum Gasteiger partial charge on any atom is 0.118 e. The monoisotopic (exact) mass is 354 g/mol. The second kappa shape index (κ2) is 8.07. The molecule has 1 heterocycles. The lowest BCUT2D eigenvalue weighted by Crippen LogP contribution is -2.32. The fourth-order valence-corrected chi connectivity index (χ4v) is 4.56. The molecule has 2 aromatic rings. The van der Waals surface area contributed by atoms with Crippen LogP contribution in [0.1, 0.15) is 18.4 Å². The van der Waals surface area contributed by atoms with Crippen LogP contribution < -0.4 is 4.74 Å². The molecule has 0 saturated heterocycles. The maximum atomic E-state index is 5.30. The number of thioether (sulfide) groups is 1. The number of aliphatic imine (C=N–C) groups is 1. The Kier molecular flexibility index (Phi) is 5.82. The molecule has 0 bridgehead atoms. The van der Waals surface area contributed by atoms with Gasteiger partial charge in [-0.1, -0.05) is 24.3 Å². The van der Waals surface area contributed by atoms with E-state index in [0.29, 0.717) is 0 Å². The van der Waals surface area contributed by atoms with Gasteiger partial charge in [-0.3, -0.25) is 4.99 Å². The van der Waals surface area contributed by atoms with Crippen molar-refractivity contribution in [2.75, 3.05) is 27.7 Å². The van der Waals surface area contributed by atoms with Gasteiger partial charge in [0.25, 0.3) is 0 Å². The van der Waals surface area contributed by atoms with Crippen LogP contribution in [0.25, 0.3) is 0 Å². The van der Waals surface area contributed by atoms with Crippen molar-refractivity contribution in [2.45, 2.75) is 28.9 Å². The fraction of sp³-hybridized carbons (Fsp3) is 0.381. The first-order valence-electron chi connectivity index (χ1n) is 8.68. The first-order chi connectivity index (χ1) is 12.1. The highest BCUT2D eigenvalue weighted by Gasteiger charge is 2.33. The molecular weight excluding hydrogens is 328 g/mol. The minimum Gasteiger partial charge on any atom is -0.497 e. The van der Waals surface area contributed by atoms with Gasteiger partial charge in [-0.15, -0.1) is 11.8 Å². The molecule has 1 atom stereocenters. The van der Waals surface area contributed by atoms with E-state index in [-0.39, 0.29) is 4.75 Å². The predicted octanol–water partition coefficient (Wildman–Crippen LogP) is 4.83. The number of benzene rings is 2. The Balaban J connectivity index is 1.88. The van der Waals surface area contributed by atoms with Gasteiger partial charge in [-0.2, -0.15) is 0 Å². The molecule has 0 aliphatic carbocycles. The summed E-state index contributed by atoms with van der Waals surface area (Å²) in [5.41, 5.74) is 2.44. The highest BCUT2D eigenvalue weighted by Crippen LogP contribution is 2.46. The molecule has 0 N–H and O–H groups in total. The van der Waals surface area contributed by atoms with Gasteiger partial charge in [0.15, 0.2) is 0 Å². The Bertz CT molecular complexity index is 727. The summed E-state index contributed by atoms with van der Waals surface area (Å²) in [6.07, 6.45) is 5.23. The molecule has 1 unspecified atom stereocenters. The highest BCUT2D eigenvalue weighted by molar-refractivity contribution is 8.00. The molecule has 2 aromatic carbocycles. The molecule has 25 heavy (non-hydrogen) atoms. The van der Waals surface area contributed by atoms with E-state index in [2.05, 4.69) is 73.7 Å². The van der Waals surface area contributed by atoms with Crippen LogP contribution in [0.5, 0.6) is 5.75 Å². The van der Waals surface area contributed by atoms with Crippen molar-refractivity contribution in [3.8, 4) is 5.75 Å². The number of hydrogen-bond acceptors (Lipinski definition) is 4. The minimum atomic E-state index is 0.120. The van der Waals surface area contributed by atoms with Crippen molar-refractivity contribution in [1.29, 1.82) is 0 Å². The summed E-state index contributed by atoms with van der Waals surface area (Å²) in [6.45, 7) is 1.07. The lowest BCUT2D eigenvalue weighted by Gasteiger charge is -2.33. The molecule has 4 heteroatoms. The largest absolute Gasteiger partial charge is 0.497 e. The molecule has 0 amide bonds. The smallest absolute Gasteiger partial charge is 0.118 e. The standard InChI is InChI=1S/C21H26N2OS/c1-23(2)15-13-21(16-17-8-10-18(24-3)11-9-17)12-14-22-19-6-4-5-7-20(19)25-21/h4-11,14H,12-13,15-16H2,1-3H3. The van der Waals surface area contributed by atoms with Gasteiger partial charge in [0.05, 0.1) is 12.8 Å². The van der Waals surface area contributed by atoms with Gasteiger partial charge in [-0.05, 0) is 69.7 Å². The quantitative estimate of drug-likeness (QED) is 0.743. The summed E-state index contributed by atoms with van der Waals surface area (Å²) >= 11 is 1.99. The third kappa shape index (κ3) is 4.65. The van der Waals surface area contributed by atoms with Gasteiger partial charge in [0, 0.05) is 15.9 Å². The third-order valence-corrected chi connectivity index (χ3v) is 6.10. The second-order valence-electron chi connectivity index (χ2n) is 6.85. The topological polar surface area (TPSA) is 24.8 Å². The Labute approximate surface area is 155 Å². The summed E-state index contributed by atoms with van der Waals surface area (Å²) in [6, 6.07) is 16.9. The predicted molar refractivity (Wildman–Crippen MR) is 108 cm³/mol. The van der Waals surface area contributed by atoms with Gasteiger partial charge in [-0.25, -0.2) is 0 Å². The van der Waals surface area contributed by atoms with Crippen LogP contribution in [0, 0.1) is 0 Å². The van der Waals surface area contributed by atoms with Crippen LogP contribution >= 0.6 is 11.8 Å². The van der Waals surface area contributed by atoms with E-state index >= 15 is 0 Å². The van der Waals surface area contributed by atoms with Crippen LogP contribution in [0.3, 0.4) is 0 Å². The van der Waals surface area contributed by atoms with Crippen LogP contribution in [-0.2, 0) is 6.42 Å². The molecule has 0 aromatic heterocycles. The molecule has 1 aliphatic rings. The number of para-hydroxylation sites is 1. The van der Waals surface area contributed by atoms with E-state index in [1.165, 1.54) is 10.5 Å². The van der Waals surface area contributed by atoms with E-state index in [0.717, 1.165) is 37.2 Å². The van der Waals surface area contributed by atoms with Crippen molar-refractivity contribution >= 4 is 23.7 Å². The number of rotatable bonds is 6. The zero-order valence-corrected chi connectivity index (χ0v) is 16.1. The lowest BCUT2D eigenvalue weighted by molar-refractivity contribution is 0.368. The molecule has 3 nitrogen and oxygen atoms in total. The van der Waals surface area contributed by atoms with E-state index in [9.17, 15) is 0 Å². The highest BCUT2D eigenvalue weighted by atomic mass is 32.2. The van der Waals surface area contributed by atoms with Crippen LogP contribution in [0.2, 0.25) is 0 Å². The zero-order chi connectivity index (χ0) is 17.7. The Hall–Kier alpha value is -1.78. The van der Waals surface area contributed by atoms with Crippen LogP contribution in [-0.4, -0.2) is 43.6 Å². The first-order valence-corrected chi connectivity index (χ1v) is 9.50. The molecule has 132 valence electrons. The zero-order valence-electron chi connectivity index (χ0n) is 15.2. The second-order valence-corrected chi connectivity index (χ2v) is 8.36. The molecular formula is C21H26N2OS. The van der Waals surface area contributed by atoms with Crippen molar-refractivity contribution in [2.24, 2.45) is 4.99 Å². The van der Waals surface area contributed by atoms with Crippen molar-refractivity contribution in [3.05, 3.63) is 54.1 Å². The lowest BCUT2D eigenvalue weighted by atomic mass is 9.92. The van der Waals surface area contributed by atoms with Crippen molar-refractivity contribution in [3.63, 3.8) is 0 Å².